The normalized spacial score (nSPS) is 23.7. The predicted octanol–water partition coefficient (Wildman–Crippen LogP) is 3.57. The van der Waals surface area contributed by atoms with E-state index in [1.165, 1.54) is 12.1 Å². The molecule has 1 heterocycles. The van der Waals surface area contributed by atoms with Gasteiger partial charge in [0.15, 0.2) is 0 Å². The molecule has 4 rings (SSSR count). The molecular formula is C22H22FNO3. The number of aliphatic carboxylic acids is 1. The third-order valence-electron chi connectivity index (χ3n) is 6.05. The molecular weight excluding hydrogens is 345 g/mol. The fourth-order valence-electron chi connectivity index (χ4n) is 4.30. The van der Waals surface area contributed by atoms with Crippen LogP contribution in [0.2, 0.25) is 0 Å². The van der Waals surface area contributed by atoms with Crippen LogP contribution in [0.3, 0.4) is 0 Å². The molecule has 2 aromatic carbocycles. The number of hydrogen-bond acceptors (Lipinski definition) is 2. The summed E-state index contributed by atoms with van der Waals surface area (Å²) < 4.78 is 13.4. The van der Waals surface area contributed by atoms with Crippen molar-refractivity contribution in [2.24, 2.45) is 5.92 Å². The molecule has 2 aromatic rings. The van der Waals surface area contributed by atoms with Gasteiger partial charge in [-0.1, -0.05) is 42.5 Å². The highest BCUT2D eigenvalue weighted by Crippen LogP contribution is 2.49. The molecule has 1 saturated heterocycles. The smallest absolute Gasteiger partial charge is 0.314 e. The van der Waals surface area contributed by atoms with E-state index in [9.17, 15) is 19.1 Å². The first kappa shape index (κ1) is 17.7. The monoisotopic (exact) mass is 367 g/mol. The molecule has 140 valence electrons. The van der Waals surface area contributed by atoms with E-state index >= 15 is 0 Å². The number of carbonyl (C=O) groups excluding carboxylic acids is 1. The summed E-state index contributed by atoms with van der Waals surface area (Å²) in [5.41, 5.74) is 0.743. The molecule has 1 amide bonds. The lowest BCUT2D eigenvalue weighted by atomic mass is 9.73. The quantitative estimate of drug-likeness (QED) is 0.899. The number of rotatable bonds is 4. The van der Waals surface area contributed by atoms with Crippen molar-refractivity contribution < 1.29 is 19.1 Å². The average molecular weight is 367 g/mol. The molecule has 0 radical (unpaired) electrons. The van der Waals surface area contributed by atoms with E-state index in [1.807, 2.05) is 36.4 Å². The molecule has 2 fully saturated rings. The van der Waals surface area contributed by atoms with Crippen molar-refractivity contribution in [3.8, 4) is 0 Å². The number of carboxylic acids is 1. The molecule has 1 aliphatic heterocycles. The van der Waals surface area contributed by atoms with Crippen LogP contribution in [0.5, 0.6) is 0 Å². The summed E-state index contributed by atoms with van der Waals surface area (Å²) in [6, 6.07) is 15.7. The maximum atomic E-state index is 13.4. The summed E-state index contributed by atoms with van der Waals surface area (Å²) in [6.07, 6.45) is 1.56. The third kappa shape index (κ3) is 3.22. The van der Waals surface area contributed by atoms with Gasteiger partial charge in [0.25, 0.3) is 0 Å². The Morgan fingerprint density at radius 2 is 1.74 bits per heavy atom. The first-order valence-corrected chi connectivity index (χ1v) is 9.34. The lowest BCUT2D eigenvalue weighted by Gasteiger charge is -2.39. The molecule has 0 spiro atoms. The summed E-state index contributed by atoms with van der Waals surface area (Å²) >= 11 is 0. The van der Waals surface area contributed by atoms with Crippen LogP contribution in [0.15, 0.2) is 54.6 Å². The van der Waals surface area contributed by atoms with Crippen molar-refractivity contribution in [3.63, 3.8) is 0 Å². The second-order valence-corrected chi connectivity index (χ2v) is 7.58. The summed E-state index contributed by atoms with van der Waals surface area (Å²) in [5.74, 6) is -1.08. The van der Waals surface area contributed by atoms with E-state index < -0.39 is 11.4 Å². The second-order valence-electron chi connectivity index (χ2n) is 7.58. The highest BCUT2D eigenvalue weighted by atomic mass is 19.1. The van der Waals surface area contributed by atoms with Gasteiger partial charge in [0.1, 0.15) is 5.82 Å². The average Bonchev–Trinajstić information content (AvgIpc) is 3.49. The molecule has 27 heavy (non-hydrogen) atoms. The molecule has 0 aromatic heterocycles. The number of likely N-dealkylation sites (tertiary alicyclic amines) is 1. The van der Waals surface area contributed by atoms with Gasteiger partial charge in [0.05, 0.1) is 5.41 Å². The zero-order valence-electron chi connectivity index (χ0n) is 15.0. The van der Waals surface area contributed by atoms with Gasteiger partial charge in [0, 0.05) is 19.0 Å². The fraction of sp³-hybridized carbons (Fsp3) is 0.364. The van der Waals surface area contributed by atoms with E-state index in [-0.39, 0.29) is 23.6 Å². The van der Waals surface area contributed by atoms with E-state index in [0.717, 1.165) is 17.5 Å². The van der Waals surface area contributed by atoms with Gasteiger partial charge < -0.3 is 10.0 Å². The first-order chi connectivity index (χ1) is 13.0. The molecule has 5 heteroatoms. The minimum atomic E-state index is -0.927. The van der Waals surface area contributed by atoms with Crippen molar-refractivity contribution in [3.05, 3.63) is 71.5 Å². The molecule has 0 bridgehead atoms. The molecule has 1 aliphatic carbocycles. The molecule has 1 saturated carbocycles. The number of carboxylic acid groups (broad SMARTS) is 1. The van der Waals surface area contributed by atoms with Gasteiger partial charge in [-0.2, -0.15) is 0 Å². The molecule has 2 aliphatic rings. The van der Waals surface area contributed by atoms with Crippen LogP contribution in [0.25, 0.3) is 0 Å². The summed E-state index contributed by atoms with van der Waals surface area (Å²) in [4.78, 5) is 26.6. The summed E-state index contributed by atoms with van der Waals surface area (Å²) in [5, 5.41) is 9.87. The van der Waals surface area contributed by atoms with Gasteiger partial charge in [-0.25, -0.2) is 4.39 Å². The predicted molar refractivity (Wildman–Crippen MR) is 98.8 cm³/mol. The minimum Gasteiger partial charge on any atom is -0.481 e. The van der Waals surface area contributed by atoms with Crippen molar-refractivity contribution in [1.29, 1.82) is 0 Å². The van der Waals surface area contributed by atoms with Gasteiger partial charge in [-0.3, -0.25) is 9.59 Å². The van der Waals surface area contributed by atoms with E-state index in [4.69, 9.17) is 0 Å². The van der Waals surface area contributed by atoms with Crippen molar-refractivity contribution in [1.82, 2.24) is 4.90 Å². The largest absolute Gasteiger partial charge is 0.481 e. The first-order valence-electron chi connectivity index (χ1n) is 9.34. The summed E-state index contributed by atoms with van der Waals surface area (Å²) in [7, 11) is 0. The van der Waals surface area contributed by atoms with E-state index in [1.54, 1.807) is 11.0 Å². The van der Waals surface area contributed by atoms with Gasteiger partial charge in [-0.15, -0.1) is 0 Å². The zero-order chi connectivity index (χ0) is 19.0. The molecule has 0 unspecified atom stereocenters. The van der Waals surface area contributed by atoms with Crippen molar-refractivity contribution in [2.45, 2.75) is 30.6 Å². The Hall–Kier alpha value is -2.69. The molecule has 4 nitrogen and oxygen atoms in total. The fourth-order valence-corrected chi connectivity index (χ4v) is 4.30. The lowest BCUT2D eigenvalue weighted by Crippen LogP contribution is -2.49. The third-order valence-corrected chi connectivity index (χ3v) is 6.05. The Balaban J connectivity index is 1.43. The maximum absolute atomic E-state index is 13.4. The van der Waals surface area contributed by atoms with Crippen LogP contribution < -0.4 is 0 Å². The Labute approximate surface area is 157 Å². The van der Waals surface area contributed by atoms with Gasteiger partial charge in [0.2, 0.25) is 5.91 Å². The number of amides is 1. The highest BCUT2D eigenvalue weighted by Gasteiger charge is 2.49. The van der Waals surface area contributed by atoms with E-state index in [2.05, 4.69) is 0 Å². The van der Waals surface area contributed by atoms with Crippen LogP contribution in [-0.2, 0) is 15.0 Å². The Bertz CT molecular complexity index is 859. The second kappa shape index (κ2) is 6.80. The lowest BCUT2D eigenvalue weighted by molar-refractivity contribution is -0.148. The zero-order valence-corrected chi connectivity index (χ0v) is 15.0. The molecule has 2 atom stereocenters. The summed E-state index contributed by atoms with van der Waals surface area (Å²) in [6.45, 7) is 0.874. The standard InChI is InChI=1S/C22H22FNO3/c23-17-8-4-5-15(13-17)18-14-19(18)20(25)24-11-9-22(10-12-24,21(26)27)16-6-2-1-3-7-16/h1-8,13,18-19H,9-12,14H2,(H,26,27)/t18-,19+/m0/s1. The minimum absolute atomic E-state index is 0.0660. The van der Waals surface area contributed by atoms with Crippen LogP contribution in [0, 0.1) is 11.7 Å². The Morgan fingerprint density at radius 1 is 1.04 bits per heavy atom. The maximum Gasteiger partial charge on any atom is 0.314 e. The number of carbonyl (C=O) groups is 2. The van der Waals surface area contributed by atoms with Crippen LogP contribution in [-0.4, -0.2) is 35.0 Å². The number of hydrogen-bond donors (Lipinski definition) is 1. The molecule has 1 N–H and O–H groups in total. The number of benzene rings is 2. The Kier molecular flexibility index (Phi) is 4.46. The van der Waals surface area contributed by atoms with Crippen LogP contribution >= 0.6 is 0 Å². The number of piperidine rings is 1. The SMILES string of the molecule is O=C([C@@H]1C[C@H]1c1cccc(F)c1)N1CCC(C(=O)O)(c2ccccc2)CC1. The van der Waals surface area contributed by atoms with Gasteiger partial charge >= 0.3 is 5.97 Å². The topological polar surface area (TPSA) is 57.6 Å². The Morgan fingerprint density at radius 3 is 2.37 bits per heavy atom. The van der Waals surface area contributed by atoms with E-state index in [0.29, 0.717) is 25.9 Å². The van der Waals surface area contributed by atoms with Crippen molar-refractivity contribution >= 4 is 11.9 Å². The van der Waals surface area contributed by atoms with Crippen LogP contribution in [0.4, 0.5) is 4.39 Å². The van der Waals surface area contributed by atoms with Crippen molar-refractivity contribution in [2.75, 3.05) is 13.1 Å². The number of halogens is 1. The van der Waals surface area contributed by atoms with Gasteiger partial charge in [-0.05, 0) is 48.4 Å². The van der Waals surface area contributed by atoms with Crippen LogP contribution in [0.1, 0.15) is 36.3 Å². The number of nitrogens with zero attached hydrogens (tertiary/aromatic N) is 1. The highest BCUT2D eigenvalue weighted by molar-refractivity contribution is 5.85.